The highest BCUT2D eigenvalue weighted by atomic mass is 28.3. The van der Waals surface area contributed by atoms with E-state index >= 15 is 0 Å². The monoisotopic (exact) mass is 306 g/mol. The van der Waals surface area contributed by atoms with E-state index in [4.69, 9.17) is 4.42 Å². The molecule has 0 amide bonds. The Morgan fingerprint density at radius 2 is 1.32 bits per heavy atom. The molecule has 22 heavy (non-hydrogen) atoms. The summed E-state index contributed by atoms with van der Waals surface area (Å²) in [6, 6.07) is 24.2. The second-order valence-corrected chi connectivity index (χ2v) is 12.4. The average Bonchev–Trinajstić information content (AvgIpc) is 2.91. The molecule has 1 heterocycles. The van der Waals surface area contributed by atoms with E-state index in [1.807, 2.05) is 6.07 Å². The maximum absolute atomic E-state index is 6.27. The summed E-state index contributed by atoms with van der Waals surface area (Å²) in [4.78, 5) is 0. The molecule has 1 aromatic heterocycles. The van der Waals surface area contributed by atoms with Crippen LogP contribution in [0, 0.1) is 0 Å². The molecule has 0 fully saturated rings. The van der Waals surface area contributed by atoms with Gasteiger partial charge in [-0.2, -0.15) is 0 Å². The summed E-state index contributed by atoms with van der Waals surface area (Å²) in [5.74, 6) is 2.09. The van der Waals surface area contributed by atoms with Gasteiger partial charge in [0.05, 0.1) is 8.07 Å². The number of furan rings is 1. The Morgan fingerprint density at radius 1 is 0.773 bits per heavy atom. The molecule has 112 valence electrons. The molecule has 0 saturated heterocycles. The summed E-state index contributed by atoms with van der Waals surface area (Å²) < 4.78 is 6.27. The topological polar surface area (TPSA) is 13.1 Å². The Balaban J connectivity index is 2.09. The summed E-state index contributed by atoms with van der Waals surface area (Å²) in [6.45, 7) is 7.14. The van der Waals surface area contributed by atoms with E-state index in [0.717, 1.165) is 23.1 Å². The highest BCUT2D eigenvalue weighted by Crippen LogP contribution is 2.34. The first-order valence-electron chi connectivity index (χ1n) is 7.76. The smallest absolute Gasteiger partial charge is 0.134 e. The molecule has 0 aliphatic heterocycles. The van der Waals surface area contributed by atoms with Crippen LogP contribution in [0.3, 0.4) is 0 Å². The second-order valence-electron chi connectivity index (χ2n) is 6.92. The molecule has 3 aromatic rings. The van der Waals surface area contributed by atoms with Crippen molar-refractivity contribution in [2.75, 3.05) is 0 Å². The van der Waals surface area contributed by atoms with Gasteiger partial charge in [-0.3, -0.25) is 0 Å². The van der Waals surface area contributed by atoms with Gasteiger partial charge in [-0.25, -0.2) is 0 Å². The van der Waals surface area contributed by atoms with Crippen LogP contribution in [0.25, 0.3) is 22.5 Å². The molecule has 0 spiro atoms. The number of hydrogen-bond donors (Lipinski definition) is 0. The lowest BCUT2D eigenvalue weighted by molar-refractivity contribution is 0.542. The van der Waals surface area contributed by atoms with Crippen molar-refractivity contribution in [1.29, 1.82) is 0 Å². The molecule has 3 rings (SSSR count). The molecule has 0 aliphatic carbocycles. The zero-order valence-electron chi connectivity index (χ0n) is 13.5. The molecule has 0 atom stereocenters. The summed E-state index contributed by atoms with van der Waals surface area (Å²) in [6.07, 6.45) is 0. The van der Waals surface area contributed by atoms with Crippen molar-refractivity contribution >= 4 is 8.07 Å². The van der Waals surface area contributed by atoms with Crippen LogP contribution in [0.2, 0.25) is 19.6 Å². The standard InChI is InChI=1S/C20H22OSi/c1-22(2,3)15-20-18(16-10-6-4-7-11-16)14-19(21-20)17-12-8-5-9-13-17/h4-14H,15H2,1-3H3. The van der Waals surface area contributed by atoms with Crippen molar-refractivity contribution in [3.8, 4) is 22.5 Å². The third kappa shape index (κ3) is 3.39. The Morgan fingerprint density at radius 3 is 1.86 bits per heavy atom. The maximum Gasteiger partial charge on any atom is 0.134 e. The van der Waals surface area contributed by atoms with Gasteiger partial charge in [-0.05, 0) is 11.6 Å². The third-order valence-electron chi connectivity index (χ3n) is 3.64. The van der Waals surface area contributed by atoms with E-state index in [2.05, 4.69) is 80.3 Å². The molecule has 2 aromatic carbocycles. The lowest BCUT2D eigenvalue weighted by Crippen LogP contribution is -2.23. The van der Waals surface area contributed by atoms with Crippen molar-refractivity contribution < 1.29 is 4.42 Å². The Labute approximate surface area is 133 Å². The highest BCUT2D eigenvalue weighted by Gasteiger charge is 2.21. The van der Waals surface area contributed by atoms with E-state index in [9.17, 15) is 0 Å². The van der Waals surface area contributed by atoms with E-state index < -0.39 is 8.07 Å². The van der Waals surface area contributed by atoms with Crippen LogP contribution >= 0.6 is 0 Å². The predicted octanol–water partition coefficient (Wildman–Crippen LogP) is 6.03. The van der Waals surface area contributed by atoms with Crippen LogP contribution in [-0.2, 0) is 6.04 Å². The lowest BCUT2D eigenvalue weighted by Gasteiger charge is -2.14. The second kappa shape index (κ2) is 5.97. The fourth-order valence-corrected chi connectivity index (χ4v) is 3.87. The van der Waals surface area contributed by atoms with Crippen LogP contribution < -0.4 is 0 Å². The first kappa shape index (κ1) is 14.9. The number of benzene rings is 2. The Bertz CT molecular complexity index is 736. The van der Waals surface area contributed by atoms with Crippen LogP contribution in [0.1, 0.15) is 5.76 Å². The van der Waals surface area contributed by atoms with Gasteiger partial charge in [0.25, 0.3) is 0 Å². The summed E-state index contributed by atoms with van der Waals surface area (Å²) >= 11 is 0. The van der Waals surface area contributed by atoms with Crippen molar-refractivity contribution in [2.24, 2.45) is 0 Å². The first-order valence-corrected chi connectivity index (χ1v) is 11.5. The average molecular weight is 306 g/mol. The molecule has 0 aliphatic rings. The lowest BCUT2D eigenvalue weighted by atomic mass is 10.1. The Kier molecular flexibility index (Phi) is 4.03. The largest absolute Gasteiger partial charge is 0.461 e. The van der Waals surface area contributed by atoms with Crippen molar-refractivity contribution in [2.45, 2.75) is 25.7 Å². The minimum absolute atomic E-state index is 0.965. The van der Waals surface area contributed by atoms with Crippen molar-refractivity contribution in [3.63, 3.8) is 0 Å². The molecule has 2 heteroatoms. The summed E-state index contributed by atoms with van der Waals surface area (Å²) in [7, 11) is -1.24. The third-order valence-corrected chi connectivity index (χ3v) is 5.02. The fraction of sp³-hybridized carbons (Fsp3) is 0.200. The molecule has 0 N–H and O–H groups in total. The first-order chi connectivity index (χ1) is 10.5. The Hall–Kier alpha value is -2.06. The molecule has 1 nitrogen and oxygen atoms in total. The van der Waals surface area contributed by atoms with Gasteiger partial charge in [-0.15, -0.1) is 0 Å². The normalized spacial score (nSPS) is 11.6. The van der Waals surface area contributed by atoms with Crippen molar-refractivity contribution in [3.05, 3.63) is 72.5 Å². The number of rotatable bonds is 4. The maximum atomic E-state index is 6.27. The van der Waals surface area contributed by atoms with Gasteiger partial charge in [-0.1, -0.05) is 80.3 Å². The van der Waals surface area contributed by atoms with Crippen LogP contribution in [-0.4, -0.2) is 8.07 Å². The quantitative estimate of drug-likeness (QED) is 0.536. The van der Waals surface area contributed by atoms with E-state index in [-0.39, 0.29) is 0 Å². The zero-order valence-corrected chi connectivity index (χ0v) is 14.5. The zero-order chi connectivity index (χ0) is 15.6. The minimum Gasteiger partial charge on any atom is -0.461 e. The van der Waals surface area contributed by atoms with Gasteiger partial charge < -0.3 is 4.42 Å². The molecule has 0 bridgehead atoms. The van der Waals surface area contributed by atoms with Crippen LogP contribution in [0.4, 0.5) is 0 Å². The molecule has 0 radical (unpaired) electrons. The summed E-state index contributed by atoms with van der Waals surface area (Å²) in [5, 5.41) is 0. The SMILES string of the molecule is C[Si](C)(C)Cc1oc(-c2ccccc2)cc1-c1ccccc1. The van der Waals surface area contributed by atoms with E-state index in [1.165, 1.54) is 11.1 Å². The van der Waals surface area contributed by atoms with Gasteiger partial charge in [0.1, 0.15) is 11.5 Å². The summed E-state index contributed by atoms with van der Waals surface area (Å²) in [5.41, 5.74) is 3.62. The van der Waals surface area contributed by atoms with Gasteiger partial charge >= 0.3 is 0 Å². The molecular weight excluding hydrogens is 284 g/mol. The van der Waals surface area contributed by atoms with Crippen molar-refractivity contribution in [1.82, 2.24) is 0 Å². The van der Waals surface area contributed by atoms with Gasteiger partial charge in [0.2, 0.25) is 0 Å². The van der Waals surface area contributed by atoms with E-state index in [1.54, 1.807) is 0 Å². The molecule has 0 saturated carbocycles. The fourth-order valence-electron chi connectivity index (χ4n) is 2.65. The van der Waals surface area contributed by atoms with Gasteiger partial charge in [0, 0.05) is 17.2 Å². The van der Waals surface area contributed by atoms with Crippen LogP contribution in [0.15, 0.2) is 71.1 Å². The number of hydrogen-bond acceptors (Lipinski definition) is 1. The predicted molar refractivity (Wildman–Crippen MR) is 96.6 cm³/mol. The molecular formula is C20H22OSi. The van der Waals surface area contributed by atoms with Crippen LogP contribution in [0.5, 0.6) is 0 Å². The van der Waals surface area contributed by atoms with Gasteiger partial charge in [0.15, 0.2) is 0 Å². The minimum atomic E-state index is -1.24. The highest BCUT2D eigenvalue weighted by molar-refractivity contribution is 6.75. The van der Waals surface area contributed by atoms with E-state index in [0.29, 0.717) is 0 Å². The molecule has 0 unspecified atom stereocenters.